The lowest BCUT2D eigenvalue weighted by molar-refractivity contribution is -0.123. The molecule has 9 nitrogen and oxygen atoms in total. The normalized spacial score (nSPS) is 14.8. The predicted octanol–water partition coefficient (Wildman–Crippen LogP) is 1.79. The molecular formula is C22H40N4O5. The molecule has 1 heterocycles. The first-order valence-corrected chi connectivity index (χ1v) is 9.93. The topological polar surface area (TPSA) is 133 Å². The standard InChI is InChI=1S/C10H19NO3.C8H7N.C4H8N2O2.3H2/c1-7(14-10(2,3)4)5-11-9(12)8-6-13-8;1-7-2-4-8(6-9)5-3-7;1-5-4(8)2-6-3-7;;;/h7-8H,5-6H2,1-4H3,(H,11,12);2-5H,1H3;3H,2H2,1H3,(H,5,8)(H,6,7);3*1H/t7-,8?;;;;;/m1...../s1. The highest BCUT2D eigenvalue weighted by Gasteiger charge is 2.31. The number of nitrogens with zero attached hydrogens (tertiary/aromatic N) is 1. The molecule has 0 saturated carbocycles. The zero-order chi connectivity index (χ0) is 23.9. The molecule has 9 heteroatoms. The Morgan fingerprint density at radius 3 is 2.35 bits per heavy atom. The molecule has 1 aliphatic rings. The van der Waals surface area contributed by atoms with Crippen molar-refractivity contribution in [3.05, 3.63) is 35.4 Å². The van der Waals surface area contributed by atoms with Crippen LogP contribution in [0.5, 0.6) is 0 Å². The van der Waals surface area contributed by atoms with Crippen LogP contribution in [-0.4, -0.2) is 62.8 Å². The maximum Gasteiger partial charge on any atom is 0.251 e. The Morgan fingerprint density at radius 2 is 1.94 bits per heavy atom. The number of ether oxygens (including phenoxy) is 2. The maximum absolute atomic E-state index is 11.2. The number of nitrogens with one attached hydrogen (secondary N) is 3. The number of carbonyl (C=O) groups is 3. The first-order valence-electron chi connectivity index (χ1n) is 9.93. The number of hydrogen-bond acceptors (Lipinski definition) is 6. The summed E-state index contributed by atoms with van der Waals surface area (Å²) in [6.07, 6.45) is 0.296. The van der Waals surface area contributed by atoms with E-state index in [1.165, 1.54) is 12.6 Å². The maximum atomic E-state index is 11.2. The summed E-state index contributed by atoms with van der Waals surface area (Å²) in [5, 5.41) is 15.7. The third-order valence-corrected chi connectivity index (χ3v) is 3.55. The summed E-state index contributed by atoms with van der Waals surface area (Å²) in [5.74, 6) is -0.230. The van der Waals surface area contributed by atoms with Gasteiger partial charge in [-0.05, 0) is 46.8 Å². The molecule has 0 radical (unpaired) electrons. The van der Waals surface area contributed by atoms with Crippen LogP contribution in [0.1, 0.15) is 43.1 Å². The molecule has 3 amide bonds. The van der Waals surface area contributed by atoms with Crippen LogP contribution in [0.3, 0.4) is 0 Å². The van der Waals surface area contributed by atoms with Gasteiger partial charge in [0.25, 0.3) is 5.91 Å². The molecule has 2 atom stereocenters. The minimum atomic E-state index is -0.211. The van der Waals surface area contributed by atoms with Gasteiger partial charge >= 0.3 is 0 Å². The van der Waals surface area contributed by atoms with Crippen molar-refractivity contribution in [2.24, 2.45) is 0 Å². The minimum Gasteiger partial charge on any atom is -0.371 e. The second kappa shape index (κ2) is 14.9. The molecule has 1 saturated heterocycles. The lowest BCUT2D eigenvalue weighted by atomic mass is 10.2. The fourth-order valence-electron chi connectivity index (χ4n) is 2.05. The van der Waals surface area contributed by atoms with E-state index in [1.807, 2.05) is 58.9 Å². The molecule has 1 fully saturated rings. The zero-order valence-corrected chi connectivity index (χ0v) is 19.2. The number of carbonyl (C=O) groups excluding carboxylic acids is 3. The van der Waals surface area contributed by atoms with Crippen LogP contribution < -0.4 is 16.0 Å². The van der Waals surface area contributed by atoms with Gasteiger partial charge in [0, 0.05) is 17.9 Å². The number of epoxide rings is 1. The molecule has 0 aromatic heterocycles. The monoisotopic (exact) mass is 440 g/mol. The van der Waals surface area contributed by atoms with Crippen molar-refractivity contribution in [3.8, 4) is 6.07 Å². The van der Waals surface area contributed by atoms with Gasteiger partial charge in [0.2, 0.25) is 12.3 Å². The van der Waals surface area contributed by atoms with Gasteiger partial charge in [0.05, 0.1) is 36.5 Å². The molecule has 178 valence electrons. The molecule has 3 N–H and O–H groups in total. The molecule has 0 aliphatic carbocycles. The predicted molar refractivity (Wildman–Crippen MR) is 123 cm³/mol. The molecule has 1 aromatic rings. The minimum absolute atomic E-state index is 0. The highest BCUT2D eigenvalue weighted by molar-refractivity contribution is 5.82. The Bertz CT molecular complexity index is 734. The summed E-state index contributed by atoms with van der Waals surface area (Å²) >= 11 is 0. The summed E-state index contributed by atoms with van der Waals surface area (Å²) in [6, 6.07) is 9.54. The van der Waals surface area contributed by atoms with E-state index in [4.69, 9.17) is 14.7 Å². The zero-order valence-electron chi connectivity index (χ0n) is 19.2. The van der Waals surface area contributed by atoms with Crippen molar-refractivity contribution in [2.45, 2.75) is 52.4 Å². The lowest BCUT2D eigenvalue weighted by Crippen LogP contribution is -2.38. The van der Waals surface area contributed by atoms with Crippen LogP contribution in [-0.2, 0) is 23.9 Å². The van der Waals surface area contributed by atoms with Gasteiger partial charge in [-0.3, -0.25) is 14.4 Å². The van der Waals surface area contributed by atoms with E-state index in [0.29, 0.717) is 19.6 Å². The summed E-state index contributed by atoms with van der Waals surface area (Å²) in [5.41, 5.74) is 1.75. The average molecular weight is 441 g/mol. The fraction of sp³-hybridized carbons (Fsp3) is 0.545. The van der Waals surface area contributed by atoms with Gasteiger partial charge in [-0.25, -0.2) is 0 Å². The Balaban J connectivity index is -0.000000199. The number of hydrogen-bond donors (Lipinski definition) is 3. The highest BCUT2D eigenvalue weighted by atomic mass is 16.6. The van der Waals surface area contributed by atoms with Gasteiger partial charge in [-0.2, -0.15) is 5.26 Å². The van der Waals surface area contributed by atoms with Crippen molar-refractivity contribution >= 4 is 18.2 Å². The second-order valence-corrected chi connectivity index (χ2v) is 7.76. The van der Waals surface area contributed by atoms with Gasteiger partial charge in [0.15, 0.2) is 6.10 Å². The van der Waals surface area contributed by atoms with Crippen LogP contribution in [0, 0.1) is 18.3 Å². The van der Waals surface area contributed by atoms with Crippen LogP contribution >= 0.6 is 0 Å². The van der Waals surface area contributed by atoms with Gasteiger partial charge in [0.1, 0.15) is 0 Å². The van der Waals surface area contributed by atoms with Crippen LogP contribution in [0.25, 0.3) is 0 Å². The van der Waals surface area contributed by atoms with E-state index >= 15 is 0 Å². The molecule has 0 spiro atoms. The fourth-order valence-corrected chi connectivity index (χ4v) is 2.05. The Hall–Kier alpha value is -2.96. The van der Waals surface area contributed by atoms with Crippen LogP contribution in [0.2, 0.25) is 0 Å². The molecule has 1 aliphatic heterocycles. The molecule has 1 aromatic carbocycles. The number of nitriles is 1. The number of rotatable bonds is 7. The molecular weight excluding hydrogens is 400 g/mol. The van der Waals surface area contributed by atoms with E-state index in [1.54, 1.807) is 0 Å². The Kier molecular flexibility index (Phi) is 13.5. The first-order chi connectivity index (χ1) is 14.5. The summed E-state index contributed by atoms with van der Waals surface area (Å²) < 4.78 is 10.5. The van der Waals surface area contributed by atoms with E-state index in [2.05, 4.69) is 22.0 Å². The SMILES string of the molecule is CNC(=O)CNC=O.C[C@H](CNC(=O)C1CO1)OC(C)(C)C.Cc1ccc(C#N)cc1.[HH].[HH].[HH]. The Morgan fingerprint density at radius 1 is 1.35 bits per heavy atom. The van der Waals surface area contributed by atoms with E-state index in [0.717, 1.165) is 5.56 Å². The number of amides is 3. The van der Waals surface area contributed by atoms with Crippen molar-refractivity contribution in [1.29, 1.82) is 5.26 Å². The number of aryl methyl sites for hydroxylation is 1. The highest BCUT2D eigenvalue weighted by Crippen LogP contribution is 2.11. The van der Waals surface area contributed by atoms with Gasteiger partial charge in [-0.1, -0.05) is 17.7 Å². The lowest BCUT2D eigenvalue weighted by Gasteiger charge is -2.25. The van der Waals surface area contributed by atoms with Crippen molar-refractivity contribution in [2.75, 3.05) is 26.7 Å². The molecule has 2 rings (SSSR count). The third kappa shape index (κ3) is 16.5. The van der Waals surface area contributed by atoms with Crippen molar-refractivity contribution < 1.29 is 28.1 Å². The average Bonchev–Trinajstić information content (AvgIpc) is 3.56. The van der Waals surface area contributed by atoms with E-state index in [9.17, 15) is 14.4 Å². The van der Waals surface area contributed by atoms with Crippen LogP contribution in [0.4, 0.5) is 0 Å². The largest absolute Gasteiger partial charge is 0.371 e. The van der Waals surface area contributed by atoms with Gasteiger partial charge in [-0.15, -0.1) is 0 Å². The molecule has 31 heavy (non-hydrogen) atoms. The van der Waals surface area contributed by atoms with Crippen molar-refractivity contribution in [3.63, 3.8) is 0 Å². The third-order valence-electron chi connectivity index (χ3n) is 3.55. The summed E-state index contributed by atoms with van der Waals surface area (Å²) in [7, 11) is 1.51. The summed E-state index contributed by atoms with van der Waals surface area (Å²) in [4.78, 5) is 31.0. The van der Waals surface area contributed by atoms with E-state index < -0.39 is 0 Å². The Labute approximate surface area is 188 Å². The van der Waals surface area contributed by atoms with Crippen molar-refractivity contribution in [1.82, 2.24) is 16.0 Å². The molecule has 0 bridgehead atoms. The quantitative estimate of drug-likeness (QED) is 0.437. The number of benzene rings is 1. The van der Waals surface area contributed by atoms with Gasteiger partial charge < -0.3 is 25.4 Å². The molecule has 1 unspecified atom stereocenters. The smallest absolute Gasteiger partial charge is 0.251 e. The number of likely N-dealkylation sites (N-methyl/N-ethyl adjacent to an activating group) is 1. The second-order valence-electron chi connectivity index (χ2n) is 7.76. The van der Waals surface area contributed by atoms with E-state index in [-0.39, 0.29) is 40.4 Å². The van der Waals surface area contributed by atoms with Crippen LogP contribution in [0.15, 0.2) is 24.3 Å². The summed E-state index contributed by atoms with van der Waals surface area (Å²) in [6.45, 7) is 11.1. The first kappa shape index (κ1) is 28.0.